The average molecular weight is 310 g/mol. The third kappa shape index (κ3) is 2.83. The topological polar surface area (TPSA) is 87.6 Å². The number of hydrogen-bond acceptors (Lipinski definition) is 4. The number of piperidine rings is 1. The molecule has 1 unspecified atom stereocenters. The summed E-state index contributed by atoms with van der Waals surface area (Å²) in [6.07, 6.45) is 4.08. The molecular formula is C16H18N6O. The summed E-state index contributed by atoms with van der Waals surface area (Å²) < 4.78 is 1.87. The van der Waals surface area contributed by atoms with Crippen LogP contribution in [0.5, 0.6) is 0 Å². The maximum Gasteiger partial charge on any atom is 0.278 e. The number of H-pyrrole nitrogens is 1. The van der Waals surface area contributed by atoms with Gasteiger partial charge in [-0.15, -0.1) is 0 Å². The van der Waals surface area contributed by atoms with E-state index in [1.165, 1.54) is 0 Å². The van der Waals surface area contributed by atoms with Crippen molar-refractivity contribution in [1.29, 1.82) is 0 Å². The molecule has 1 aromatic carbocycles. The number of carbonyl (C=O) groups excluding carboxylic acids is 1. The average Bonchev–Trinajstić information content (AvgIpc) is 3.22. The number of fused-ring (bicyclic) bond motifs is 1. The smallest absolute Gasteiger partial charge is 0.278 e. The molecular weight excluding hydrogens is 292 g/mol. The van der Waals surface area contributed by atoms with Gasteiger partial charge < -0.3 is 10.3 Å². The molecule has 7 nitrogen and oxygen atoms in total. The molecule has 0 spiro atoms. The van der Waals surface area contributed by atoms with Crippen LogP contribution in [0.2, 0.25) is 0 Å². The molecule has 1 aliphatic heterocycles. The maximum atomic E-state index is 12.3. The number of rotatable bonds is 3. The largest absolute Gasteiger partial charge is 0.324 e. The molecule has 3 N–H and O–H groups in total. The molecule has 1 aliphatic rings. The number of hydrogen-bond donors (Lipinski definition) is 3. The molecule has 1 atom stereocenters. The predicted molar refractivity (Wildman–Crippen MR) is 87.4 cm³/mol. The SMILES string of the molecule is O=C(Nc1nc2ccccc2[nH]1)c1ccn(C2CCCNC2)n1. The van der Waals surface area contributed by atoms with E-state index in [4.69, 9.17) is 0 Å². The third-order valence-electron chi connectivity index (χ3n) is 4.11. The molecule has 23 heavy (non-hydrogen) atoms. The van der Waals surface area contributed by atoms with Crippen molar-refractivity contribution in [3.8, 4) is 0 Å². The first-order chi connectivity index (χ1) is 11.3. The fourth-order valence-electron chi connectivity index (χ4n) is 2.91. The highest BCUT2D eigenvalue weighted by molar-refractivity contribution is 6.02. The molecule has 7 heteroatoms. The fraction of sp³-hybridized carbons (Fsp3) is 0.312. The van der Waals surface area contributed by atoms with Gasteiger partial charge in [0, 0.05) is 12.7 Å². The zero-order valence-corrected chi connectivity index (χ0v) is 12.6. The Morgan fingerprint density at radius 2 is 2.22 bits per heavy atom. The minimum Gasteiger partial charge on any atom is -0.324 e. The predicted octanol–water partition coefficient (Wildman–Crippen LogP) is 1.94. The van der Waals surface area contributed by atoms with E-state index in [0.717, 1.165) is 37.0 Å². The molecule has 0 radical (unpaired) electrons. The number of anilines is 1. The number of benzene rings is 1. The molecule has 4 rings (SSSR count). The van der Waals surface area contributed by atoms with Gasteiger partial charge in [-0.2, -0.15) is 5.10 Å². The van der Waals surface area contributed by atoms with Gasteiger partial charge in [0.05, 0.1) is 17.1 Å². The number of carbonyl (C=O) groups is 1. The molecule has 1 fully saturated rings. The molecule has 0 bridgehead atoms. The van der Waals surface area contributed by atoms with Crippen molar-refractivity contribution in [2.45, 2.75) is 18.9 Å². The van der Waals surface area contributed by atoms with Crippen molar-refractivity contribution >= 4 is 22.9 Å². The zero-order valence-electron chi connectivity index (χ0n) is 12.6. The lowest BCUT2D eigenvalue weighted by Gasteiger charge is -2.22. The van der Waals surface area contributed by atoms with Gasteiger partial charge in [0.1, 0.15) is 0 Å². The van der Waals surface area contributed by atoms with Gasteiger partial charge in [-0.3, -0.25) is 14.8 Å². The van der Waals surface area contributed by atoms with Gasteiger partial charge in [0.15, 0.2) is 5.69 Å². The lowest BCUT2D eigenvalue weighted by atomic mass is 10.1. The van der Waals surface area contributed by atoms with Crippen molar-refractivity contribution in [2.24, 2.45) is 0 Å². The Balaban J connectivity index is 1.49. The second-order valence-corrected chi connectivity index (χ2v) is 5.74. The first-order valence-electron chi connectivity index (χ1n) is 7.81. The minimum atomic E-state index is -0.258. The Labute approximate surface area is 133 Å². The number of aromatic nitrogens is 4. The number of aromatic amines is 1. The van der Waals surface area contributed by atoms with Gasteiger partial charge in [-0.25, -0.2) is 4.98 Å². The quantitative estimate of drug-likeness (QED) is 0.690. The van der Waals surface area contributed by atoms with Crippen molar-refractivity contribution < 1.29 is 4.79 Å². The lowest BCUT2D eigenvalue weighted by molar-refractivity contribution is 0.102. The van der Waals surface area contributed by atoms with E-state index < -0.39 is 0 Å². The Hall–Kier alpha value is -2.67. The van der Waals surface area contributed by atoms with E-state index in [-0.39, 0.29) is 5.91 Å². The number of amides is 1. The summed E-state index contributed by atoms with van der Waals surface area (Å²) in [5, 5.41) is 10.5. The van der Waals surface area contributed by atoms with Crippen LogP contribution >= 0.6 is 0 Å². The van der Waals surface area contributed by atoms with Crippen LogP contribution in [-0.2, 0) is 0 Å². The summed E-state index contributed by atoms with van der Waals surface area (Å²) in [6, 6.07) is 9.71. The zero-order chi connectivity index (χ0) is 15.6. The number of para-hydroxylation sites is 2. The van der Waals surface area contributed by atoms with Crippen LogP contribution in [0.15, 0.2) is 36.5 Å². The second kappa shape index (κ2) is 5.85. The first kappa shape index (κ1) is 14.0. The van der Waals surface area contributed by atoms with Crippen molar-refractivity contribution in [1.82, 2.24) is 25.1 Å². The van der Waals surface area contributed by atoms with Gasteiger partial charge in [0.2, 0.25) is 5.95 Å². The van der Waals surface area contributed by atoms with E-state index in [1.807, 2.05) is 35.1 Å². The third-order valence-corrected chi connectivity index (χ3v) is 4.11. The Kier molecular flexibility index (Phi) is 3.55. The molecule has 0 aliphatic carbocycles. The van der Waals surface area contributed by atoms with E-state index in [1.54, 1.807) is 6.07 Å². The van der Waals surface area contributed by atoms with Gasteiger partial charge in [0.25, 0.3) is 5.91 Å². The van der Waals surface area contributed by atoms with E-state index in [0.29, 0.717) is 17.7 Å². The van der Waals surface area contributed by atoms with E-state index >= 15 is 0 Å². The van der Waals surface area contributed by atoms with Crippen LogP contribution in [0.1, 0.15) is 29.4 Å². The Morgan fingerprint density at radius 1 is 1.30 bits per heavy atom. The minimum absolute atomic E-state index is 0.258. The van der Waals surface area contributed by atoms with Crippen LogP contribution in [0.25, 0.3) is 11.0 Å². The first-order valence-corrected chi connectivity index (χ1v) is 7.81. The van der Waals surface area contributed by atoms with Crippen LogP contribution in [0, 0.1) is 0 Å². The van der Waals surface area contributed by atoms with Gasteiger partial charge >= 0.3 is 0 Å². The second-order valence-electron chi connectivity index (χ2n) is 5.74. The van der Waals surface area contributed by atoms with Crippen molar-refractivity contribution in [2.75, 3.05) is 18.4 Å². The Morgan fingerprint density at radius 3 is 3.04 bits per heavy atom. The molecule has 2 aromatic heterocycles. The van der Waals surface area contributed by atoms with Crippen molar-refractivity contribution in [3.05, 3.63) is 42.2 Å². The highest BCUT2D eigenvalue weighted by Crippen LogP contribution is 2.17. The monoisotopic (exact) mass is 310 g/mol. The van der Waals surface area contributed by atoms with E-state index in [2.05, 4.69) is 25.7 Å². The summed E-state index contributed by atoms with van der Waals surface area (Å²) in [6.45, 7) is 1.95. The summed E-state index contributed by atoms with van der Waals surface area (Å²) >= 11 is 0. The summed E-state index contributed by atoms with van der Waals surface area (Å²) in [5.74, 6) is 0.177. The molecule has 3 aromatic rings. The number of imidazole rings is 1. The highest BCUT2D eigenvalue weighted by atomic mass is 16.2. The standard InChI is InChI=1S/C16H18N6O/c23-15(20-16-18-12-5-1-2-6-13(12)19-16)14-7-9-22(21-14)11-4-3-8-17-10-11/h1-2,5-7,9,11,17H,3-4,8,10H2,(H2,18,19,20,23). The Bertz CT molecular complexity index is 797. The van der Waals surface area contributed by atoms with Crippen molar-refractivity contribution in [3.63, 3.8) is 0 Å². The number of nitrogens with zero attached hydrogens (tertiary/aromatic N) is 3. The normalized spacial score (nSPS) is 18.2. The van der Waals surface area contributed by atoms with Gasteiger partial charge in [-0.05, 0) is 37.6 Å². The highest BCUT2D eigenvalue weighted by Gasteiger charge is 2.18. The molecule has 118 valence electrons. The van der Waals surface area contributed by atoms with E-state index in [9.17, 15) is 4.79 Å². The van der Waals surface area contributed by atoms with Crippen LogP contribution in [0.3, 0.4) is 0 Å². The lowest BCUT2D eigenvalue weighted by Crippen LogP contribution is -2.32. The van der Waals surface area contributed by atoms with Crippen LogP contribution in [-0.4, -0.2) is 38.7 Å². The fourth-order valence-corrected chi connectivity index (χ4v) is 2.91. The molecule has 0 saturated carbocycles. The summed E-state index contributed by atoms with van der Waals surface area (Å²) in [7, 11) is 0. The van der Waals surface area contributed by atoms with Crippen LogP contribution < -0.4 is 10.6 Å². The maximum absolute atomic E-state index is 12.3. The van der Waals surface area contributed by atoms with Gasteiger partial charge in [-0.1, -0.05) is 12.1 Å². The van der Waals surface area contributed by atoms with Crippen LogP contribution in [0.4, 0.5) is 5.95 Å². The molecule has 1 amide bonds. The molecule has 3 heterocycles. The summed E-state index contributed by atoms with van der Waals surface area (Å²) in [4.78, 5) is 19.7. The molecule has 1 saturated heterocycles. The number of nitrogens with one attached hydrogen (secondary N) is 3. The summed E-state index contributed by atoms with van der Waals surface area (Å²) in [5.41, 5.74) is 2.11.